The number of guanidine groups is 1. The van der Waals surface area contributed by atoms with Crippen LogP contribution in [0.15, 0.2) is 38.6 Å². The van der Waals surface area contributed by atoms with Gasteiger partial charge in [-0.15, -0.1) is 11.8 Å². The minimum Gasteiger partial charge on any atom is -0.356 e. The molecule has 0 spiro atoms. The Kier molecular flexibility index (Phi) is 7.44. The van der Waals surface area contributed by atoms with Crippen LogP contribution in [0.1, 0.15) is 20.3 Å². The van der Waals surface area contributed by atoms with Crippen LogP contribution in [0.25, 0.3) is 0 Å². The van der Waals surface area contributed by atoms with Gasteiger partial charge in [0.05, 0.1) is 0 Å². The van der Waals surface area contributed by atoms with E-state index in [4.69, 9.17) is 0 Å². The Bertz CT molecular complexity index is 544. The molecule has 2 N–H and O–H groups in total. The van der Waals surface area contributed by atoms with Crippen LogP contribution in [0, 0.1) is 5.92 Å². The molecule has 0 aliphatic carbocycles. The zero-order chi connectivity index (χ0) is 17.6. The van der Waals surface area contributed by atoms with Crippen LogP contribution in [0.4, 0.5) is 0 Å². The Labute approximate surface area is 159 Å². The number of hydrogen-bond donors (Lipinski definition) is 2. The Morgan fingerprint density at radius 3 is 2.62 bits per heavy atom. The maximum Gasteiger partial charge on any atom is 0.191 e. The summed E-state index contributed by atoms with van der Waals surface area (Å²) < 4.78 is 1.20. The van der Waals surface area contributed by atoms with Crippen molar-refractivity contribution in [1.82, 2.24) is 15.5 Å². The number of hydrogen-bond acceptors (Lipinski definition) is 3. The zero-order valence-corrected chi connectivity index (χ0v) is 17.5. The van der Waals surface area contributed by atoms with Crippen molar-refractivity contribution < 1.29 is 0 Å². The van der Waals surface area contributed by atoms with Crippen molar-refractivity contribution in [3.63, 3.8) is 0 Å². The number of rotatable bonds is 6. The summed E-state index contributed by atoms with van der Waals surface area (Å²) in [5, 5.41) is 6.94. The lowest BCUT2D eigenvalue weighted by molar-refractivity contribution is 0.394. The molecule has 1 unspecified atom stereocenters. The molecule has 1 saturated heterocycles. The molecule has 1 aliphatic heterocycles. The van der Waals surface area contributed by atoms with Crippen LogP contribution in [0.5, 0.6) is 0 Å². The van der Waals surface area contributed by atoms with E-state index in [9.17, 15) is 0 Å². The summed E-state index contributed by atoms with van der Waals surface area (Å²) in [6, 6.07) is 8.48. The molecule has 24 heavy (non-hydrogen) atoms. The van der Waals surface area contributed by atoms with Gasteiger partial charge in [-0.2, -0.15) is 0 Å². The summed E-state index contributed by atoms with van der Waals surface area (Å²) in [5.41, 5.74) is 0. The van der Waals surface area contributed by atoms with Crippen molar-refractivity contribution in [3.8, 4) is 0 Å². The molecule has 0 aromatic heterocycles. The number of thioether (sulfide) groups is 1. The SMILES string of the molecule is CN=C(NCC1CCN(C)C1)NCC(C)(C)Sc1ccc(Br)cc1. The van der Waals surface area contributed by atoms with Gasteiger partial charge in [0.2, 0.25) is 0 Å². The molecule has 134 valence electrons. The summed E-state index contributed by atoms with van der Waals surface area (Å²) in [6.07, 6.45) is 1.27. The Morgan fingerprint density at radius 2 is 2.04 bits per heavy atom. The largest absolute Gasteiger partial charge is 0.356 e. The number of aliphatic imine (C=N–C) groups is 1. The van der Waals surface area contributed by atoms with Gasteiger partial charge < -0.3 is 15.5 Å². The second-order valence-electron chi connectivity index (χ2n) is 7.04. The highest BCUT2D eigenvalue weighted by Crippen LogP contribution is 2.32. The molecule has 0 amide bonds. The zero-order valence-electron chi connectivity index (χ0n) is 15.1. The Hall–Kier alpha value is -0.720. The minimum atomic E-state index is 0.0824. The maximum absolute atomic E-state index is 4.36. The fourth-order valence-corrected chi connectivity index (χ4v) is 4.13. The molecule has 6 heteroatoms. The third-order valence-corrected chi connectivity index (χ3v) is 5.89. The van der Waals surface area contributed by atoms with Gasteiger partial charge in [0, 0.05) is 40.8 Å². The first kappa shape index (κ1) is 19.6. The number of nitrogens with zero attached hydrogens (tertiary/aromatic N) is 2. The smallest absolute Gasteiger partial charge is 0.191 e. The number of nitrogens with one attached hydrogen (secondary N) is 2. The van der Waals surface area contributed by atoms with Gasteiger partial charge in [-0.3, -0.25) is 4.99 Å². The van der Waals surface area contributed by atoms with E-state index in [2.05, 4.69) is 81.6 Å². The number of benzene rings is 1. The first-order valence-corrected chi connectivity index (χ1v) is 10.1. The molecule has 1 atom stereocenters. The number of likely N-dealkylation sites (tertiary alicyclic amines) is 1. The Morgan fingerprint density at radius 1 is 1.33 bits per heavy atom. The van der Waals surface area contributed by atoms with Gasteiger partial charge in [0.15, 0.2) is 5.96 Å². The summed E-state index contributed by atoms with van der Waals surface area (Å²) >= 11 is 5.36. The molecule has 1 fully saturated rings. The van der Waals surface area contributed by atoms with Gasteiger partial charge in [-0.05, 0) is 64.0 Å². The predicted octanol–water partition coefficient (Wildman–Crippen LogP) is 3.44. The molecule has 4 nitrogen and oxygen atoms in total. The summed E-state index contributed by atoms with van der Waals surface area (Å²) in [5.74, 6) is 1.62. The molecule has 1 aromatic carbocycles. The van der Waals surface area contributed by atoms with Crippen molar-refractivity contribution >= 4 is 33.7 Å². The normalized spacial score (nSPS) is 19.5. The fourth-order valence-electron chi connectivity index (χ4n) is 2.81. The lowest BCUT2D eigenvalue weighted by Crippen LogP contribution is -2.44. The van der Waals surface area contributed by atoms with E-state index in [1.54, 1.807) is 0 Å². The highest BCUT2D eigenvalue weighted by atomic mass is 79.9. The molecule has 0 saturated carbocycles. The van der Waals surface area contributed by atoms with Crippen LogP contribution in [-0.2, 0) is 0 Å². The molecule has 1 aromatic rings. The third kappa shape index (κ3) is 6.65. The lowest BCUT2D eigenvalue weighted by atomic mass is 10.1. The van der Waals surface area contributed by atoms with Gasteiger partial charge in [-0.25, -0.2) is 0 Å². The lowest BCUT2D eigenvalue weighted by Gasteiger charge is -2.26. The average molecular weight is 413 g/mol. The first-order chi connectivity index (χ1) is 11.4. The van der Waals surface area contributed by atoms with Crippen molar-refractivity contribution in [2.24, 2.45) is 10.9 Å². The van der Waals surface area contributed by atoms with E-state index in [1.165, 1.54) is 24.4 Å². The molecule has 0 radical (unpaired) electrons. The molecular formula is C18H29BrN4S. The standard InChI is InChI=1S/C18H29BrN4S/c1-18(2,24-16-7-5-15(19)6-8-16)13-22-17(20-3)21-11-14-9-10-23(4)12-14/h5-8,14H,9-13H2,1-4H3,(H2,20,21,22). The van der Waals surface area contributed by atoms with E-state index in [0.29, 0.717) is 0 Å². The van der Waals surface area contributed by atoms with Crippen LogP contribution in [0.3, 0.4) is 0 Å². The predicted molar refractivity (Wildman–Crippen MR) is 109 cm³/mol. The monoisotopic (exact) mass is 412 g/mol. The quantitative estimate of drug-likeness (QED) is 0.426. The average Bonchev–Trinajstić information content (AvgIpc) is 2.95. The molecule has 0 bridgehead atoms. The Balaban J connectivity index is 1.77. The second-order valence-corrected chi connectivity index (χ2v) is 9.74. The van der Waals surface area contributed by atoms with Crippen molar-refractivity contribution in [3.05, 3.63) is 28.7 Å². The van der Waals surface area contributed by atoms with E-state index in [-0.39, 0.29) is 4.75 Å². The highest BCUT2D eigenvalue weighted by molar-refractivity contribution is 9.10. The second kappa shape index (κ2) is 9.11. The van der Waals surface area contributed by atoms with Gasteiger partial charge in [0.1, 0.15) is 0 Å². The first-order valence-electron chi connectivity index (χ1n) is 8.45. The van der Waals surface area contributed by atoms with Crippen LogP contribution in [-0.4, -0.2) is 55.9 Å². The summed E-state index contributed by atoms with van der Waals surface area (Å²) in [4.78, 5) is 8.02. The topological polar surface area (TPSA) is 39.7 Å². The van der Waals surface area contributed by atoms with Crippen molar-refractivity contribution in [2.75, 3.05) is 40.3 Å². The van der Waals surface area contributed by atoms with Crippen LogP contribution >= 0.6 is 27.7 Å². The molecule has 1 aliphatic rings. The van der Waals surface area contributed by atoms with Crippen LogP contribution < -0.4 is 10.6 Å². The highest BCUT2D eigenvalue weighted by Gasteiger charge is 2.21. The molecule has 2 rings (SSSR count). The fraction of sp³-hybridized carbons (Fsp3) is 0.611. The molecule has 1 heterocycles. The van der Waals surface area contributed by atoms with Crippen molar-refractivity contribution in [2.45, 2.75) is 29.9 Å². The summed E-state index contributed by atoms with van der Waals surface area (Å²) in [7, 11) is 4.03. The van der Waals surface area contributed by atoms with E-state index >= 15 is 0 Å². The molecular weight excluding hydrogens is 384 g/mol. The van der Waals surface area contributed by atoms with Gasteiger partial charge >= 0.3 is 0 Å². The number of halogens is 1. The maximum atomic E-state index is 4.36. The van der Waals surface area contributed by atoms with Crippen LogP contribution in [0.2, 0.25) is 0 Å². The van der Waals surface area contributed by atoms with E-state index in [0.717, 1.165) is 29.4 Å². The minimum absolute atomic E-state index is 0.0824. The van der Waals surface area contributed by atoms with Gasteiger partial charge in [0.25, 0.3) is 0 Å². The van der Waals surface area contributed by atoms with E-state index in [1.807, 2.05) is 18.8 Å². The van der Waals surface area contributed by atoms with Crippen molar-refractivity contribution in [1.29, 1.82) is 0 Å². The summed E-state index contributed by atoms with van der Waals surface area (Å²) in [6.45, 7) is 8.74. The van der Waals surface area contributed by atoms with Gasteiger partial charge in [-0.1, -0.05) is 15.9 Å². The third-order valence-electron chi connectivity index (χ3n) is 4.16. The van der Waals surface area contributed by atoms with E-state index < -0.39 is 0 Å².